The lowest BCUT2D eigenvalue weighted by Crippen LogP contribution is -2.19. The van der Waals surface area contributed by atoms with Crippen molar-refractivity contribution >= 4 is 60.9 Å². The molecule has 4 nitrogen and oxygen atoms in total. The van der Waals surface area contributed by atoms with Crippen molar-refractivity contribution < 1.29 is 0 Å². The van der Waals surface area contributed by atoms with Crippen molar-refractivity contribution in [3.8, 4) is 28.2 Å². The van der Waals surface area contributed by atoms with E-state index < -0.39 is 0 Å². The Balaban J connectivity index is 1.19. The first-order chi connectivity index (χ1) is 21.2. The van der Waals surface area contributed by atoms with Crippen molar-refractivity contribution in [2.75, 3.05) is 5.32 Å². The smallest absolute Gasteiger partial charge is 0.112 e. The van der Waals surface area contributed by atoms with Crippen LogP contribution in [0.5, 0.6) is 0 Å². The van der Waals surface area contributed by atoms with Crippen molar-refractivity contribution in [1.29, 1.82) is 0 Å². The number of fused-ring (bicyclic) bond motifs is 6. The molecule has 2 N–H and O–H groups in total. The van der Waals surface area contributed by atoms with Crippen molar-refractivity contribution in [2.45, 2.75) is 13.0 Å². The summed E-state index contributed by atoms with van der Waals surface area (Å²) in [6, 6.07) is 46.1. The van der Waals surface area contributed by atoms with Crippen LogP contribution in [0.15, 0.2) is 132 Å². The molecule has 0 spiro atoms. The standard InChI is InChI=1S/C39H28N4/c1-24-23-40-38-37(30-15-14-25-8-2-3-9-27(25)20-30)42-36(39(38)41-24)26-16-18-31(19-17-26)43-34-13-7-6-12-32(34)33-21-28-10-4-5-11-29(28)22-35(33)43/h2-24,41-42H,1H3. The zero-order valence-electron chi connectivity index (χ0n) is 23.7. The van der Waals surface area contributed by atoms with Gasteiger partial charge in [-0.15, -0.1) is 0 Å². The number of hydrogen-bond donors (Lipinski definition) is 2. The van der Waals surface area contributed by atoms with E-state index in [4.69, 9.17) is 4.99 Å². The Kier molecular flexibility index (Phi) is 5.14. The van der Waals surface area contributed by atoms with Crippen LogP contribution < -0.4 is 5.32 Å². The SMILES string of the molecule is CC1C=Nc2c(-c3ccc4ccccc4c3)[nH]c(-c3ccc(-n4c5ccccc5c5cc6ccccc6cc54)cc3)c2N1. The quantitative estimate of drug-likeness (QED) is 0.225. The number of benzene rings is 6. The van der Waals surface area contributed by atoms with E-state index in [2.05, 4.69) is 149 Å². The molecule has 8 aromatic rings. The van der Waals surface area contributed by atoms with E-state index in [-0.39, 0.29) is 6.04 Å². The number of nitrogens with zero attached hydrogens (tertiary/aromatic N) is 2. The molecule has 0 bridgehead atoms. The molecule has 0 aliphatic carbocycles. The molecule has 0 saturated heterocycles. The van der Waals surface area contributed by atoms with Gasteiger partial charge in [0.25, 0.3) is 0 Å². The second-order valence-corrected chi connectivity index (χ2v) is 11.5. The van der Waals surface area contributed by atoms with Gasteiger partial charge in [0.05, 0.1) is 34.2 Å². The maximum atomic E-state index is 4.91. The summed E-state index contributed by atoms with van der Waals surface area (Å²) in [4.78, 5) is 8.67. The van der Waals surface area contributed by atoms with E-state index in [0.29, 0.717) is 0 Å². The Morgan fingerprint density at radius 2 is 1.26 bits per heavy atom. The highest BCUT2D eigenvalue weighted by Crippen LogP contribution is 2.46. The topological polar surface area (TPSA) is 45.1 Å². The average Bonchev–Trinajstić information content (AvgIpc) is 3.59. The maximum Gasteiger partial charge on any atom is 0.112 e. The number of H-pyrrole nitrogens is 1. The molecule has 1 aliphatic heterocycles. The van der Waals surface area contributed by atoms with Crippen LogP contribution in [0.3, 0.4) is 0 Å². The number of rotatable bonds is 3. The van der Waals surface area contributed by atoms with Gasteiger partial charge in [-0.2, -0.15) is 0 Å². The number of aromatic nitrogens is 2. The lowest BCUT2D eigenvalue weighted by Gasteiger charge is -2.17. The molecule has 0 radical (unpaired) electrons. The van der Waals surface area contributed by atoms with Gasteiger partial charge in [0, 0.05) is 33.8 Å². The molecule has 9 rings (SSSR count). The number of anilines is 1. The second kappa shape index (κ2) is 9.20. The molecule has 6 aromatic carbocycles. The molecule has 0 amide bonds. The Bertz CT molecular complexity index is 2390. The molecule has 3 heterocycles. The lowest BCUT2D eigenvalue weighted by molar-refractivity contribution is 1.06. The fourth-order valence-electron chi connectivity index (χ4n) is 6.69. The molecule has 4 heteroatoms. The van der Waals surface area contributed by atoms with E-state index >= 15 is 0 Å². The minimum Gasteiger partial charge on any atom is -0.374 e. The number of aromatic amines is 1. The highest BCUT2D eigenvalue weighted by atomic mass is 15.0. The van der Waals surface area contributed by atoms with Crippen molar-refractivity contribution in [3.63, 3.8) is 0 Å². The van der Waals surface area contributed by atoms with E-state index in [1.54, 1.807) is 0 Å². The molecule has 204 valence electrons. The van der Waals surface area contributed by atoms with Gasteiger partial charge in [-0.25, -0.2) is 0 Å². The van der Waals surface area contributed by atoms with Gasteiger partial charge in [0.15, 0.2) is 0 Å². The van der Waals surface area contributed by atoms with Gasteiger partial charge in [-0.1, -0.05) is 91.0 Å². The van der Waals surface area contributed by atoms with E-state index in [1.165, 1.54) is 43.4 Å². The fourth-order valence-corrected chi connectivity index (χ4v) is 6.69. The molecule has 2 aromatic heterocycles. The monoisotopic (exact) mass is 552 g/mol. The largest absolute Gasteiger partial charge is 0.374 e. The Morgan fingerprint density at radius 3 is 2.07 bits per heavy atom. The lowest BCUT2D eigenvalue weighted by atomic mass is 10.0. The maximum absolute atomic E-state index is 4.91. The summed E-state index contributed by atoms with van der Waals surface area (Å²) in [6.45, 7) is 2.13. The zero-order valence-corrected chi connectivity index (χ0v) is 23.7. The molecule has 1 unspecified atom stereocenters. The first kappa shape index (κ1) is 24.0. The van der Waals surface area contributed by atoms with Crippen molar-refractivity contribution in [2.24, 2.45) is 4.99 Å². The third kappa shape index (κ3) is 3.73. The molecular formula is C39H28N4. The average molecular weight is 553 g/mol. The third-order valence-electron chi connectivity index (χ3n) is 8.77. The van der Waals surface area contributed by atoms with Crippen LogP contribution in [0.4, 0.5) is 11.4 Å². The van der Waals surface area contributed by atoms with Crippen LogP contribution in [-0.2, 0) is 0 Å². The van der Waals surface area contributed by atoms with Gasteiger partial charge in [-0.3, -0.25) is 4.99 Å². The fraction of sp³-hybridized carbons (Fsp3) is 0.0513. The highest BCUT2D eigenvalue weighted by Gasteiger charge is 2.23. The van der Waals surface area contributed by atoms with Crippen molar-refractivity contribution in [3.05, 3.63) is 127 Å². The van der Waals surface area contributed by atoms with Crippen LogP contribution >= 0.6 is 0 Å². The highest BCUT2D eigenvalue weighted by molar-refractivity contribution is 6.13. The Labute approximate surface area is 248 Å². The van der Waals surface area contributed by atoms with Crippen molar-refractivity contribution in [1.82, 2.24) is 9.55 Å². The van der Waals surface area contributed by atoms with Crippen LogP contribution in [-0.4, -0.2) is 21.8 Å². The minimum atomic E-state index is 0.151. The predicted octanol–water partition coefficient (Wildman–Crippen LogP) is 10.3. The molecule has 1 atom stereocenters. The summed E-state index contributed by atoms with van der Waals surface area (Å²) in [7, 11) is 0. The number of nitrogens with one attached hydrogen (secondary N) is 2. The van der Waals surface area contributed by atoms with Crippen LogP contribution in [0.25, 0.3) is 71.6 Å². The first-order valence-electron chi connectivity index (χ1n) is 14.8. The summed E-state index contributed by atoms with van der Waals surface area (Å²) >= 11 is 0. The van der Waals surface area contributed by atoms with Gasteiger partial charge in [-0.05, 0) is 64.9 Å². The zero-order chi connectivity index (χ0) is 28.5. The van der Waals surface area contributed by atoms with Crippen LogP contribution in [0.1, 0.15) is 6.92 Å². The summed E-state index contributed by atoms with van der Waals surface area (Å²) in [5.74, 6) is 0. The van der Waals surface area contributed by atoms with Gasteiger partial charge in [0.1, 0.15) is 5.69 Å². The first-order valence-corrected chi connectivity index (χ1v) is 14.8. The summed E-state index contributed by atoms with van der Waals surface area (Å²) < 4.78 is 2.39. The normalized spacial score (nSPS) is 14.5. The van der Waals surface area contributed by atoms with Crippen LogP contribution in [0.2, 0.25) is 0 Å². The van der Waals surface area contributed by atoms with E-state index in [1.807, 2.05) is 6.21 Å². The van der Waals surface area contributed by atoms with E-state index in [9.17, 15) is 0 Å². The van der Waals surface area contributed by atoms with E-state index in [0.717, 1.165) is 39.6 Å². The summed E-state index contributed by atoms with van der Waals surface area (Å²) in [5.41, 5.74) is 9.91. The Hall–Kier alpha value is -5.61. The third-order valence-corrected chi connectivity index (χ3v) is 8.77. The molecule has 0 fully saturated rings. The van der Waals surface area contributed by atoms with Gasteiger partial charge < -0.3 is 14.9 Å². The van der Waals surface area contributed by atoms with Gasteiger partial charge >= 0.3 is 0 Å². The van der Waals surface area contributed by atoms with Gasteiger partial charge in [0.2, 0.25) is 0 Å². The summed E-state index contributed by atoms with van der Waals surface area (Å²) in [5, 5.41) is 11.2. The number of hydrogen-bond acceptors (Lipinski definition) is 2. The second-order valence-electron chi connectivity index (χ2n) is 11.5. The summed E-state index contributed by atoms with van der Waals surface area (Å²) in [6.07, 6.45) is 1.99. The molecule has 0 saturated carbocycles. The molecular weight excluding hydrogens is 524 g/mol. The van der Waals surface area contributed by atoms with Crippen LogP contribution in [0, 0.1) is 0 Å². The Morgan fingerprint density at radius 1 is 0.581 bits per heavy atom. The number of aliphatic imine (C=N–C) groups is 1. The number of para-hydroxylation sites is 1. The predicted molar refractivity (Wildman–Crippen MR) is 182 cm³/mol. The molecule has 1 aliphatic rings. The minimum absolute atomic E-state index is 0.151. The molecule has 43 heavy (non-hydrogen) atoms.